The van der Waals surface area contributed by atoms with Crippen molar-refractivity contribution < 1.29 is 13.5 Å². The third-order valence-electron chi connectivity index (χ3n) is 3.52. The van der Waals surface area contributed by atoms with E-state index >= 15 is 0 Å². The highest BCUT2D eigenvalue weighted by Gasteiger charge is 2.36. The van der Waals surface area contributed by atoms with Crippen LogP contribution in [0.5, 0.6) is 0 Å². The van der Waals surface area contributed by atoms with E-state index in [1.165, 1.54) is 0 Å². The van der Waals surface area contributed by atoms with Gasteiger partial charge in [0.1, 0.15) is 0 Å². The Morgan fingerprint density at radius 2 is 2.11 bits per heavy atom. The van der Waals surface area contributed by atoms with Crippen LogP contribution in [0.1, 0.15) is 17.0 Å². The molecule has 7 heteroatoms. The lowest BCUT2D eigenvalue weighted by atomic mass is 10.1. The van der Waals surface area contributed by atoms with E-state index in [0.29, 0.717) is 6.54 Å². The molecule has 0 aliphatic carbocycles. The fraction of sp³-hybridized carbons (Fsp3) is 0.727. The molecule has 0 spiro atoms. The molecule has 0 saturated carbocycles. The smallest absolute Gasteiger partial charge is 0.154 e. The predicted octanol–water partition coefficient (Wildman–Crippen LogP) is -0.716. The van der Waals surface area contributed by atoms with Gasteiger partial charge in [-0.2, -0.15) is 5.10 Å². The minimum atomic E-state index is -3.10. The Bertz CT molecular complexity index is 550. The molecule has 0 aromatic carbocycles. The van der Waals surface area contributed by atoms with Gasteiger partial charge >= 0.3 is 0 Å². The van der Waals surface area contributed by atoms with Gasteiger partial charge in [0.15, 0.2) is 9.84 Å². The lowest BCUT2D eigenvalue weighted by Crippen LogP contribution is -2.38. The Morgan fingerprint density at radius 1 is 1.44 bits per heavy atom. The topological polar surface area (TPSA) is 84.2 Å². The van der Waals surface area contributed by atoms with Crippen LogP contribution in [0.4, 0.5) is 0 Å². The number of rotatable bonds is 3. The first kappa shape index (κ1) is 13.5. The van der Waals surface area contributed by atoms with Crippen molar-refractivity contribution in [3.05, 3.63) is 17.0 Å². The molecule has 0 amide bonds. The van der Waals surface area contributed by atoms with Crippen molar-refractivity contribution in [2.45, 2.75) is 32.5 Å². The lowest BCUT2D eigenvalue weighted by Gasteiger charge is -2.14. The van der Waals surface area contributed by atoms with E-state index in [4.69, 9.17) is 0 Å². The number of hydrogen-bond acceptors (Lipinski definition) is 5. The summed E-state index contributed by atoms with van der Waals surface area (Å²) < 4.78 is 24.6. The van der Waals surface area contributed by atoms with Crippen molar-refractivity contribution in [3.63, 3.8) is 0 Å². The molecule has 1 aromatic heterocycles. The molecule has 1 saturated heterocycles. The lowest BCUT2D eigenvalue weighted by molar-refractivity contribution is 0.165. The van der Waals surface area contributed by atoms with Crippen LogP contribution in [-0.4, -0.2) is 47.0 Å². The highest BCUT2D eigenvalue weighted by molar-refractivity contribution is 7.91. The first-order valence-corrected chi connectivity index (χ1v) is 7.73. The number of nitrogens with one attached hydrogen (secondary N) is 1. The van der Waals surface area contributed by atoms with Crippen LogP contribution in [0.3, 0.4) is 0 Å². The summed E-state index contributed by atoms with van der Waals surface area (Å²) in [6, 6.07) is -0.381. The number of hydrogen-bond donors (Lipinski definition) is 2. The monoisotopic (exact) mass is 273 g/mol. The van der Waals surface area contributed by atoms with Crippen LogP contribution in [-0.2, 0) is 23.4 Å². The number of nitrogens with zero attached hydrogens (tertiary/aromatic N) is 2. The second kappa shape index (κ2) is 4.64. The maximum absolute atomic E-state index is 11.4. The molecule has 18 heavy (non-hydrogen) atoms. The Balaban J connectivity index is 2.04. The first-order chi connectivity index (χ1) is 8.30. The van der Waals surface area contributed by atoms with E-state index in [9.17, 15) is 13.5 Å². The van der Waals surface area contributed by atoms with Gasteiger partial charge in [0, 0.05) is 30.9 Å². The molecule has 2 rings (SSSR count). The molecule has 1 fully saturated rings. The summed E-state index contributed by atoms with van der Waals surface area (Å²) >= 11 is 0. The Labute approximate surface area is 107 Å². The van der Waals surface area contributed by atoms with Crippen molar-refractivity contribution in [1.82, 2.24) is 15.1 Å². The van der Waals surface area contributed by atoms with E-state index < -0.39 is 15.9 Å². The molecule has 1 aliphatic rings. The van der Waals surface area contributed by atoms with Crippen LogP contribution in [0, 0.1) is 13.8 Å². The number of aliphatic hydroxyl groups is 1. The van der Waals surface area contributed by atoms with Gasteiger partial charge in [0.05, 0.1) is 23.3 Å². The van der Waals surface area contributed by atoms with Crippen LogP contribution in [0.15, 0.2) is 0 Å². The van der Waals surface area contributed by atoms with Gasteiger partial charge in [-0.3, -0.25) is 4.68 Å². The normalized spacial score (nSPS) is 26.7. The Morgan fingerprint density at radius 3 is 2.56 bits per heavy atom. The molecular weight excluding hydrogens is 254 g/mol. The minimum Gasteiger partial charge on any atom is -0.390 e. The van der Waals surface area contributed by atoms with E-state index in [0.717, 1.165) is 17.0 Å². The van der Waals surface area contributed by atoms with Crippen LogP contribution in [0.2, 0.25) is 0 Å². The second-order valence-corrected chi connectivity index (χ2v) is 7.06. The summed E-state index contributed by atoms with van der Waals surface area (Å²) in [5, 5.41) is 17.1. The summed E-state index contributed by atoms with van der Waals surface area (Å²) in [5.74, 6) is -0.137. The van der Waals surface area contributed by atoms with Gasteiger partial charge in [0.2, 0.25) is 0 Å². The molecule has 0 radical (unpaired) electrons. The number of sulfone groups is 1. The molecule has 2 heterocycles. The molecule has 102 valence electrons. The average Bonchev–Trinajstić information content (AvgIpc) is 2.63. The largest absolute Gasteiger partial charge is 0.390 e. The molecule has 6 nitrogen and oxygen atoms in total. The number of aliphatic hydroxyl groups excluding tert-OH is 1. The van der Waals surface area contributed by atoms with Crippen molar-refractivity contribution in [2.24, 2.45) is 7.05 Å². The zero-order chi connectivity index (χ0) is 13.5. The van der Waals surface area contributed by atoms with Gasteiger partial charge in [0.25, 0.3) is 0 Å². The van der Waals surface area contributed by atoms with E-state index in [2.05, 4.69) is 10.4 Å². The van der Waals surface area contributed by atoms with Gasteiger partial charge in [-0.05, 0) is 13.8 Å². The maximum Gasteiger partial charge on any atom is 0.154 e. The highest BCUT2D eigenvalue weighted by atomic mass is 32.2. The molecule has 2 unspecified atom stereocenters. The molecular formula is C11H19N3O3S. The zero-order valence-corrected chi connectivity index (χ0v) is 11.7. The predicted molar refractivity (Wildman–Crippen MR) is 68.0 cm³/mol. The quantitative estimate of drug-likeness (QED) is 0.759. The van der Waals surface area contributed by atoms with Crippen molar-refractivity contribution in [3.8, 4) is 0 Å². The van der Waals surface area contributed by atoms with Crippen molar-refractivity contribution in [1.29, 1.82) is 0 Å². The summed E-state index contributed by atoms with van der Waals surface area (Å²) in [6.45, 7) is 4.42. The molecule has 0 bridgehead atoms. The number of aryl methyl sites for hydroxylation is 2. The second-order valence-electron chi connectivity index (χ2n) is 4.90. The SMILES string of the molecule is Cc1nn(C)c(C)c1CNC1CS(=O)(=O)CC1O. The zero-order valence-electron chi connectivity index (χ0n) is 10.8. The summed E-state index contributed by atoms with van der Waals surface area (Å²) in [7, 11) is -1.22. The summed E-state index contributed by atoms with van der Waals surface area (Å²) in [6.07, 6.45) is -0.813. The van der Waals surface area contributed by atoms with E-state index in [1.54, 1.807) is 4.68 Å². The summed E-state index contributed by atoms with van der Waals surface area (Å²) in [4.78, 5) is 0. The van der Waals surface area contributed by atoms with Crippen LogP contribution in [0.25, 0.3) is 0 Å². The fourth-order valence-electron chi connectivity index (χ4n) is 2.33. The highest BCUT2D eigenvalue weighted by Crippen LogP contribution is 2.15. The third kappa shape index (κ3) is 2.57. The van der Waals surface area contributed by atoms with Crippen LogP contribution < -0.4 is 5.32 Å². The van der Waals surface area contributed by atoms with Gasteiger partial charge in [-0.15, -0.1) is 0 Å². The minimum absolute atomic E-state index is 0.00647. The Hall–Kier alpha value is -0.920. The Kier molecular flexibility index (Phi) is 3.48. The van der Waals surface area contributed by atoms with Gasteiger partial charge < -0.3 is 10.4 Å². The maximum atomic E-state index is 11.4. The molecule has 1 aromatic rings. The van der Waals surface area contributed by atoms with Gasteiger partial charge in [-0.25, -0.2) is 8.42 Å². The average molecular weight is 273 g/mol. The molecule has 2 N–H and O–H groups in total. The number of aromatic nitrogens is 2. The van der Waals surface area contributed by atoms with Crippen molar-refractivity contribution >= 4 is 9.84 Å². The first-order valence-electron chi connectivity index (χ1n) is 5.91. The standard InChI is InChI=1S/C11H19N3O3S/c1-7-9(8(2)14(3)13-7)4-12-10-5-18(16,17)6-11(10)15/h10-12,15H,4-6H2,1-3H3. The molecule has 1 aliphatic heterocycles. The van der Waals surface area contributed by atoms with Crippen molar-refractivity contribution in [2.75, 3.05) is 11.5 Å². The van der Waals surface area contributed by atoms with E-state index in [-0.39, 0.29) is 17.5 Å². The van der Waals surface area contributed by atoms with E-state index in [1.807, 2.05) is 20.9 Å². The van der Waals surface area contributed by atoms with Gasteiger partial charge in [-0.1, -0.05) is 0 Å². The fourth-order valence-corrected chi connectivity index (χ4v) is 4.11. The summed E-state index contributed by atoms with van der Waals surface area (Å²) in [5.41, 5.74) is 3.04. The molecule has 2 atom stereocenters. The third-order valence-corrected chi connectivity index (χ3v) is 5.24. The van der Waals surface area contributed by atoms with Crippen LogP contribution >= 0.6 is 0 Å².